The molecule has 2 unspecified atom stereocenters. The van der Waals surface area contributed by atoms with Gasteiger partial charge in [-0.1, -0.05) is 26.7 Å². The molecule has 1 saturated carbocycles. The number of ether oxygens (including phenoxy) is 1. The number of nitrogens with one attached hydrogen (secondary N) is 1. The standard InChI is InChI=1S/C15H30N2O2/c1-4-19-13-11-12(15(13,2)3)17-14(18)9-7-5-6-8-10-16/h12-13H,4-11,16H2,1-3H3,(H,17,18). The molecule has 0 aromatic heterocycles. The van der Waals surface area contributed by atoms with Gasteiger partial charge in [-0.2, -0.15) is 0 Å². The van der Waals surface area contributed by atoms with E-state index in [1.165, 1.54) is 0 Å². The van der Waals surface area contributed by atoms with Gasteiger partial charge in [-0.05, 0) is 32.7 Å². The lowest BCUT2D eigenvalue weighted by molar-refractivity contribution is -0.136. The van der Waals surface area contributed by atoms with Gasteiger partial charge in [-0.3, -0.25) is 4.79 Å². The predicted molar refractivity (Wildman–Crippen MR) is 77.9 cm³/mol. The second-order valence-electron chi connectivity index (χ2n) is 6.07. The molecule has 1 aliphatic rings. The van der Waals surface area contributed by atoms with Crippen LogP contribution in [0.25, 0.3) is 0 Å². The van der Waals surface area contributed by atoms with Gasteiger partial charge in [0.05, 0.1) is 6.10 Å². The zero-order valence-corrected chi connectivity index (χ0v) is 12.7. The van der Waals surface area contributed by atoms with Crippen LogP contribution < -0.4 is 11.1 Å². The normalized spacial score (nSPS) is 24.8. The number of hydrogen-bond acceptors (Lipinski definition) is 3. The minimum absolute atomic E-state index is 0.0607. The number of hydrogen-bond donors (Lipinski definition) is 2. The summed E-state index contributed by atoms with van der Waals surface area (Å²) in [6, 6.07) is 0.264. The first-order valence-electron chi connectivity index (χ1n) is 7.63. The van der Waals surface area contributed by atoms with Gasteiger partial charge in [0.1, 0.15) is 0 Å². The van der Waals surface area contributed by atoms with Gasteiger partial charge in [0.2, 0.25) is 5.91 Å². The van der Waals surface area contributed by atoms with Gasteiger partial charge in [-0.15, -0.1) is 0 Å². The quantitative estimate of drug-likeness (QED) is 0.631. The van der Waals surface area contributed by atoms with Crippen LogP contribution in [0.2, 0.25) is 0 Å². The average Bonchev–Trinajstić information content (AvgIpc) is 2.37. The molecule has 112 valence electrons. The van der Waals surface area contributed by atoms with E-state index < -0.39 is 0 Å². The van der Waals surface area contributed by atoms with Crippen LogP contribution in [0.5, 0.6) is 0 Å². The van der Waals surface area contributed by atoms with E-state index in [-0.39, 0.29) is 23.5 Å². The predicted octanol–water partition coefficient (Wildman–Crippen LogP) is 2.22. The molecule has 0 aromatic rings. The molecule has 0 saturated heterocycles. The number of unbranched alkanes of at least 4 members (excludes halogenated alkanes) is 3. The van der Waals surface area contributed by atoms with Gasteiger partial charge in [0.25, 0.3) is 0 Å². The molecule has 19 heavy (non-hydrogen) atoms. The maximum atomic E-state index is 11.9. The van der Waals surface area contributed by atoms with Crippen LogP contribution in [-0.2, 0) is 9.53 Å². The van der Waals surface area contributed by atoms with Crippen LogP contribution in [0.3, 0.4) is 0 Å². The highest BCUT2D eigenvalue weighted by Crippen LogP contribution is 2.42. The molecule has 4 nitrogen and oxygen atoms in total. The van der Waals surface area contributed by atoms with E-state index in [0.717, 1.165) is 45.3 Å². The second-order valence-corrected chi connectivity index (χ2v) is 6.07. The Balaban J connectivity index is 2.16. The van der Waals surface area contributed by atoms with Gasteiger partial charge in [-0.25, -0.2) is 0 Å². The van der Waals surface area contributed by atoms with Crippen molar-refractivity contribution in [2.24, 2.45) is 11.1 Å². The largest absolute Gasteiger partial charge is 0.378 e. The first kappa shape index (κ1) is 16.4. The van der Waals surface area contributed by atoms with Crippen molar-refractivity contribution in [3.05, 3.63) is 0 Å². The number of rotatable bonds is 9. The lowest BCUT2D eigenvalue weighted by atomic mass is 9.64. The Morgan fingerprint density at radius 2 is 2.00 bits per heavy atom. The number of amides is 1. The molecule has 0 aliphatic heterocycles. The van der Waals surface area contributed by atoms with E-state index >= 15 is 0 Å². The zero-order valence-electron chi connectivity index (χ0n) is 12.7. The maximum Gasteiger partial charge on any atom is 0.220 e. The van der Waals surface area contributed by atoms with E-state index in [1.54, 1.807) is 0 Å². The highest BCUT2D eigenvalue weighted by atomic mass is 16.5. The minimum Gasteiger partial charge on any atom is -0.378 e. The summed E-state index contributed by atoms with van der Waals surface area (Å²) in [6.07, 6.45) is 6.12. The van der Waals surface area contributed by atoms with Crippen molar-refractivity contribution in [1.82, 2.24) is 5.32 Å². The zero-order chi connectivity index (χ0) is 14.3. The van der Waals surface area contributed by atoms with E-state index in [2.05, 4.69) is 19.2 Å². The molecule has 0 bridgehead atoms. The van der Waals surface area contributed by atoms with Crippen LogP contribution in [0.4, 0.5) is 0 Å². The monoisotopic (exact) mass is 270 g/mol. The SMILES string of the molecule is CCOC1CC(NC(=O)CCCCCCN)C1(C)C. The molecule has 1 aliphatic carbocycles. The molecule has 0 radical (unpaired) electrons. The molecule has 4 heteroatoms. The molecule has 0 aromatic carbocycles. The van der Waals surface area contributed by atoms with Crippen molar-refractivity contribution in [2.75, 3.05) is 13.2 Å². The Morgan fingerprint density at radius 1 is 1.32 bits per heavy atom. The third kappa shape index (κ3) is 4.77. The van der Waals surface area contributed by atoms with E-state index in [9.17, 15) is 4.79 Å². The van der Waals surface area contributed by atoms with Gasteiger partial charge < -0.3 is 15.8 Å². The van der Waals surface area contributed by atoms with Crippen molar-refractivity contribution in [2.45, 2.75) is 71.4 Å². The van der Waals surface area contributed by atoms with E-state index in [0.29, 0.717) is 6.42 Å². The van der Waals surface area contributed by atoms with Crippen molar-refractivity contribution < 1.29 is 9.53 Å². The summed E-state index contributed by atoms with van der Waals surface area (Å²) in [6.45, 7) is 7.85. The highest BCUT2D eigenvalue weighted by molar-refractivity contribution is 5.76. The summed E-state index contributed by atoms with van der Waals surface area (Å²) in [7, 11) is 0. The third-order valence-corrected chi connectivity index (χ3v) is 4.24. The molecule has 1 amide bonds. The fourth-order valence-electron chi connectivity index (χ4n) is 2.66. The molecule has 0 heterocycles. The lowest BCUT2D eigenvalue weighted by Gasteiger charge is -2.51. The number of carbonyl (C=O) groups excluding carboxylic acids is 1. The van der Waals surface area contributed by atoms with E-state index in [1.807, 2.05) is 6.92 Å². The van der Waals surface area contributed by atoms with Crippen molar-refractivity contribution in [3.8, 4) is 0 Å². The Kier molecular flexibility index (Phi) is 6.80. The fraction of sp³-hybridized carbons (Fsp3) is 0.933. The average molecular weight is 270 g/mol. The van der Waals surface area contributed by atoms with Crippen LogP contribution in [0, 0.1) is 5.41 Å². The molecular formula is C15H30N2O2. The van der Waals surface area contributed by atoms with Crippen molar-refractivity contribution in [3.63, 3.8) is 0 Å². The lowest BCUT2D eigenvalue weighted by Crippen LogP contribution is -2.62. The smallest absolute Gasteiger partial charge is 0.220 e. The number of nitrogens with two attached hydrogens (primary N) is 1. The molecule has 1 fully saturated rings. The van der Waals surface area contributed by atoms with Crippen LogP contribution in [0.15, 0.2) is 0 Å². The van der Waals surface area contributed by atoms with Crippen LogP contribution in [0.1, 0.15) is 59.3 Å². The first-order chi connectivity index (χ1) is 9.02. The topological polar surface area (TPSA) is 64.3 Å². The Bertz CT molecular complexity index is 279. The summed E-state index contributed by atoms with van der Waals surface area (Å²) in [5, 5.41) is 3.14. The Labute approximate surface area is 117 Å². The van der Waals surface area contributed by atoms with Crippen molar-refractivity contribution >= 4 is 5.91 Å². The summed E-state index contributed by atoms with van der Waals surface area (Å²) in [5.41, 5.74) is 5.50. The molecule has 3 N–H and O–H groups in total. The second kappa shape index (κ2) is 7.85. The maximum absolute atomic E-state index is 11.9. The summed E-state index contributed by atoms with van der Waals surface area (Å²) in [5.74, 6) is 0.181. The van der Waals surface area contributed by atoms with Gasteiger partial charge >= 0.3 is 0 Å². The van der Waals surface area contributed by atoms with Crippen LogP contribution >= 0.6 is 0 Å². The third-order valence-electron chi connectivity index (χ3n) is 4.24. The Morgan fingerprint density at radius 3 is 2.58 bits per heavy atom. The molecule has 0 spiro atoms. The molecule has 2 atom stereocenters. The fourth-order valence-corrected chi connectivity index (χ4v) is 2.66. The summed E-state index contributed by atoms with van der Waals surface area (Å²) >= 11 is 0. The Hall–Kier alpha value is -0.610. The number of carbonyl (C=O) groups is 1. The molecular weight excluding hydrogens is 240 g/mol. The highest BCUT2D eigenvalue weighted by Gasteiger charge is 2.49. The van der Waals surface area contributed by atoms with Crippen LogP contribution in [-0.4, -0.2) is 31.2 Å². The summed E-state index contributed by atoms with van der Waals surface area (Å²) < 4.78 is 5.67. The van der Waals surface area contributed by atoms with Crippen molar-refractivity contribution in [1.29, 1.82) is 0 Å². The minimum atomic E-state index is 0.0607. The summed E-state index contributed by atoms with van der Waals surface area (Å²) in [4.78, 5) is 11.9. The van der Waals surface area contributed by atoms with Gasteiger partial charge in [0.15, 0.2) is 0 Å². The molecule has 1 rings (SSSR count). The first-order valence-corrected chi connectivity index (χ1v) is 7.63. The van der Waals surface area contributed by atoms with E-state index in [4.69, 9.17) is 10.5 Å². The van der Waals surface area contributed by atoms with Gasteiger partial charge in [0, 0.05) is 24.5 Å².